The first-order valence-electron chi connectivity index (χ1n) is 5.48. The third-order valence-electron chi connectivity index (χ3n) is 2.74. The lowest BCUT2D eigenvalue weighted by molar-refractivity contribution is 0.103. The maximum atomic E-state index is 12.6. The third-order valence-corrected chi connectivity index (χ3v) is 3.28. The zero-order chi connectivity index (χ0) is 13.4. The van der Waals surface area contributed by atoms with E-state index in [-0.39, 0.29) is 5.78 Å². The van der Waals surface area contributed by atoms with Gasteiger partial charge in [-0.3, -0.25) is 14.8 Å². The number of ketones is 1. The van der Waals surface area contributed by atoms with Crippen LogP contribution in [0.3, 0.4) is 0 Å². The maximum Gasteiger partial charge on any atom is 0.216 e. The lowest BCUT2D eigenvalue weighted by atomic mass is 10.1. The van der Waals surface area contributed by atoms with Crippen LogP contribution in [0.2, 0.25) is 0 Å². The summed E-state index contributed by atoms with van der Waals surface area (Å²) < 4.78 is 1.85. The smallest absolute Gasteiger partial charge is 0.216 e. The normalized spacial score (nSPS) is 10.8. The molecule has 0 radical (unpaired) electrons. The van der Waals surface area contributed by atoms with Gasteiger partial charge in [-0.1, -0.05) is 11.3 Å². The van der Waals surface area contributed by atoms with E-state index in [1.165, 1.54) is 4.68 Å². The predicted molar refractivity (Wildman–Crippen MR) is 71.7 cm³/mol. The van der Waals surface area contributed by atoms with Gasteiger partial charge < -0.3 is 0 Å². The summed E-state index contributed by atoms with van der Waals surface area (Å²) in [5.41, 5.74) is 2.12. The van der Waals surface area contributed by atoms with E-state index in [1.807, 2.05) is 6.07 Å². The molecule has 2 heterocycles. The molecule has 0 atom stereocenters. The van der Waals surface area contributed by atoms with Crippen molar-refractivity contribution in [1.82, 2.24) is 25.0 Å². The standard InChI is InChI=1S/C12H8BrN5O/c1-18-10(12(13)16-17-18)11(19)7-3-2-4-8-9(7)15-6-5-14-8/h2-6H,1H3. The number of fused-ring (bicyclic) bond motifs is 1. The van der Waals surface area contributed by atoms with E-state index in [9.17, 15) is 4.79 Å². The summed E-state index contributed by atoms with van der Waals surface area (Å²) in [6, 6.07) is 5.32. The number of rotatable bonds is 2. The number of carbonyl (C=O) groups excluding carboxylic acids is 1. The largest absolute Gasteiger partial charge is 0.287 e. The Morgan fingerprint density at radius 3 is 2.79 bits per heavy atom. The first kappa shape index (κ1) is 11.9. The van der Waals surface area contributed by atoms with E-state index in [0.717, 1.165) is 0 Å². The molecule has 0 bridgehead atoms. The van der Waals surface area contributed by atoms with Crippen LogP contribution in [0.25, 0.3) is 11.0 Å². The highest BCUT2D eigenvalue weighted by Gasteiger charge is 2.21. The molecule has 0 aliphatic carbocycles. The molecular weight excluding hydrogens is 310 g/mol. The number of benzene rings is 1. The van der Waals surface area contributed by atoms with Crippen molar-refractivity contribution in [1.29, 1.82) is 0 Å². The minimum atomic E-state index is -0.189. The minimum Gasteiger partial charge on any atom is -0.287 e. The highest BCUT2D eigenvalue weighted by Crippen LogP contribution is 2.21. The Hall–Kier alpha value is -2.15. The van der Waals surface area contributed by atoms with Crippen molar-refractivity contribution in [3.63, 3.8) is 0 Å². The number of aromatic nitrogens is 5. The first-order valence-corrected chi connectivity index (χ1v) is 6.27. The zero-order valence-corrected chi connectivity index (χ0v) is 11.5. The maximum absolute atomic E-state index is 12.6. The summed E-state index contributed by atoms with van der Waals surface area (Å²) in [5, 5.41) is 7.62. The second kappa shape index (κ2) is 4.51. The average molecular weight is 318 g/mol. The predicted octanol–water partition coefficient (Wildman–Crippen LogP) is 1.75. The average Bonchev–Trinajstić information content (AvgIpc) is 2.77. The molecule has 1 aromatic carbocycles. The molecule has 19 heavy (non-hydrogen) atoms. The van der Waals surface area contributed by atoms with Gasteiger partial charge >= 0.3 is 0 Å². The SMILES string of the molecule is Cn1nnc(Br)c1C(=O)c1cccc2nccnc12. The molecule has 3 rings (SSSR count). The van der Waals surface area contributed by atoms with Gasteiger partial charge in [0.25, 0.3) is 0 Å². The van der Waals surface area contributed by atoms with Crippen LogP contribution >= 0.6 is 15.9 Å². The quantitative estimate of drug-likeness (QED) is 0.673. The summed E-state index contributed by atoms with van der Waals surface area (Å²) in [4.78, 5) is 21.0. The van der Waals surface area contributed by atoms with Gasteiger partial charge in [0.05, 0.1) is 16.6 Å². The lowest BCUT2D eigenvalue weighted by Crippen LogP contribution is -2.10. The molecule has 0 saturated heterocycles. The number of carbonyl (C=O) groups is 1. The van der Waals surface area contributed by atoms with Crippen LogP contribution in [-0.4, -0.2) is 30.7 Å². The highest BCUT2D eigenvalue weighted by atomic mass is 79.9. The van der Waals surface area contributed by atoms with Gasteiger partial charge in [-0.15, -0.1) is 5.10 Å². The number of aryl methyl sites for hydroxylation is 1. The number of para-hydroxylation sites is 1. The van der Waals surface area contributed by atoms with Crippen LogP contribution in [0.15, 0.2) is 35.2 Å². The van der Waals surface area contributed by atoms with Crippen molar-refractivity contribution in [2.75, 3.05) is 0 Å². The first-order chi connectivity index (χ1) is 9.18. The summed E-state index contributed by atoms with van der Waals surface area (Å²) in [5.74, 6) is -0.189. The molecular formula is C12H8BrN5O. The van der Waals surface area contributed by atoms with E-state index in [0.29, 0.717) is 26.9 Å². The molecule has 0 aliphatic rings. The Morgan fingerprint density at radius 2 is 2.05 bits per heavy atom. The van der Waals surface area contributed by atoms with E-state index < -0.39 is 0 Å². The summed E-state index contributed by atoms with van der Waals surface area (Å²) in [7, 11) is 1.67. The summed E-state index contributed by atoms with van der Waals surface area (Å²) in [6.07, 6.45) is 3.16. The van der Waals surface area contributed by atoms with Crippen molar-refractivity contribution in [2.24, 2.45) is 7.05 Å². The molecule has 7 heteroatoms. The Kier molecular flexibility index (Phi) is 2.83. The Labute approximate surface area is 116 Å². The fourth-order valence-corrected chi connectivity index (χ4v) is 2.38. The van der Waals surface area contributed by atoms with Gasteiger partial charge in [0.2, 0.25) is 5.78 Å². The van der Waals surface area contributed by atoms with Gasteiger partial charge in [-0.05, 0) is 28.1 Å². The molecule has 0 amide bonds. The van der Waals surface area contributed by atoms with E-state index in [2.05, 4.69) is 36.2 Å². The van der Waals surface area contributed by atoms with E-state index in [4.69, 9.17) is 0 Å². The van der Waals surface area contributed by atoms with Crippen molar-refractivity contribution in [3.8, 4) is 0 Å². The van der Waals surface area contributed by atoms with Crippen LogP contribution in [0.5, 0.6) is 0 Å². The fourth-order valence-electron chi connectivity index (χ4n) is 1.88. The molecule has 3 aromatic rings. The van der Waals surface area contributed by atoms with Gasteiger partial charge in [-0.2, -0.15) is 0 Å². The van der Waals surface area contributed by atoms with Gasteiger partial charge in [0, 0.05) is 19.4 Å². The highest BCUT2D eigenvalue weighted by molar-refractivity contribution is 9.10. The zero-order valence-electron chi connectivity index (χ0n) is 9.91. The van der Waals surface area contributed by atoms with Crippen molar-refractivity contribution in [3.05, 3.63) is 46.5 Å². The Morgan fingerprint density at radius 1 is 1.26 bits per heavy atom. The fraction of sp³-hybridized carbons (Fsp3) is 0.0833. The molecule has 0 aliphatic heterocycles. The van der Waals surface area contributed by atoms with E-state index >= 15 is 0 Å². The van der Waals surface area contributed by atoms with Crippen molar-refractivity contribution < 1.29 is 4.79 Å². The molecule has 0 saturated carbocycles. The number of nitrogens with zero attached hydrogens (tertiary/aromatic N) is 5. The van der Waals surface area contributed by atoms with Gasteiger partial charge in [0.1, 0.15) is 5.69 Å². The van der Waals surface area contributed by atoms with Gasteiger partial charge in [0.15, 0.2) is 4.60 Å². The molecule has 2 aromatic heterocycles. The van der Waals surface area contributed by atoms with Crippen LogP contribution in [0.1, 0.15) is 16.1 Å². The minimum absolute atomic E-state index is 0.189. The Balaban J connectivity index is 2.23. The van der Waals surface area contributed by atoms with Crippen LogP contribution in [0.4, 0.5) is 0 Å². The topological polar surface area (TPSA) is 73.6 Å². The van der Waals surface area contributed by atoms with Crippen LogP contribution < -0.4 is 0 Å². The second-order valence-electron chi connectivity index (χ2n) is 3.91. The number of hydrogen-bond acceptors (Lipinski definition) is 5. The van der Waals surface area contributed by atoms with Crippen LogP contribution in [-0.2, 0) is 7.05 Å². The number of halogens is 1. The number of hydrogen-bond donors (Lipinski definition) is 0. The molecule has 0 fully saturated rings. The monoisotopic (exact) mass is 317 g/mol. The Bertz CT molecular complexity index is 758. The third kappa shape index (κ3) is 1.91. The van der Waals surface area contributed by atoms with Crippen molar-refractivity contribution >= 4 is 32.7 Å². The van der Waals surface area contributed by atoms with Gasteiger partial charge in [-0.25, -0.2) is 4.68 Å². The van der Waals surface area contributed by atoms with Crippen LogP contribution in [0, 0.1) is 0 Å². The molecule has 94 valence electrons. The molecule has 0 N–H and O–H groups in total. The lowest BCUT2D eigenvalue weighted by Gasteiger charge is -2.04. The summed E-state index contributed by atoms with van der Waals surface area (Å²) >= 11 is 3.23. The van der Waals surface area contributed by atoms with Crippen molar-refractivity contribution in [2.45, 2.75) is 0 Å². The molecule has 0 spiro atoms. The van der Waals surface area contributed by atoms with E-state index in [1.54, 1.807) is 31.6 Å². The summed E-state index contributed by atoms with van der Waals surface area (Å²) in [6.45, 7) is 0. The molecule has 0 unspecified atom stereocenters. The second-order valence-corrected chi connectivity index (χ2v) is 4.66. The molecule has 6 nitrogen and oxygen atoms in total.